The van der Waals surface area contributed by atoms with Gasteiger partial charge in [0.05, 0.1) is 6.61 Å². The van der Waals surface area contributed by atoms with Crippen molar-refractivity contribution < 1.29 is 57.6 Å². The topological polar surface area (TPSA) is 193 Å². The average Bonchev–Trinajstić information content (AvgIpc) is 1.67. The highest BCUT2D eigenvalue weighted by Gasteiger charge is 2.38. The molecule has 0 aliphatic carbocycles. The summed E-state index contributed by atoms with van der Waals surface area (Å²) in [4.78, 5) is 81.2. The van der Waals surface area contributed by atoms with Crippen LogP contribution in [0.1, 0.15) is 13.8 Å². The van der Waals surface area contributed by atoms with Crippen molar-refractivity contribution in [3.8, 4) is 0 Å². The molecule has 6 aromatic heterocycles. The van der Waals surface area contributed by atoms with Gasteiger partial charge in [-0.3, -0.25) is 0 Å². The third kappa shape index (κ3) is 21.3. The van der Waals surface area contributed by atoms with Crippen LogP contribution >= 0.6 is 139 Å². The zero-order valence-corrected chi connectivity index (χ0v) is 80.5. The second-order valence-electron chi connectivity index (χ2n) is 31.5. The summed E-state index contributed by atoms with van der Waals surface area (Å²) in [7, 11) is 0. The predicted octanol–water partition coefficient (Wildman–Crippen LogP) is 28.4. The summed E-state index contributed by atoms with van der Waals surface area (Å²) in [5.41, 5.74) is -3.40. The largest absolute Gasteiger partial charge is 0.460 e. The molecule has 0 spiro atoms. The average molecular weight is 1940 g/mol. The second-order valence-corrected chi connectivity index (χ2v) is 43.9. The number of benzene rings is 12. The van der Waals surface area contributed by atoms with Gasteiger partial charge in [0.2, 0.25) is 6.08 Å². The van der Waals surface area contributed by atoms with Crippen molar-refractivity contribution in [3.63, 3.8) is 0 Å². The lowest BCUT2D eigenvalue weighted by molar-refractivity contribution is -0.145. The zero-order valence-electron chi connectivity index (χ0n) is 70.7. The van der Waals surface area contributed by atoms with Crippen molar-refractivity contribution in [3.05, 3.63) is 305 Å². The summed E-state index contributed by atoms with van der Waals surface area (Å²) in [5.74, 6) is 1.71. The van der Waals surface area contributed by atoms with Crippen molar-refractivity contribution in [2.75, 3.05) is 74.2 Å². The minimum atomic E-state index is -1.32. The lowest BCUT2D eigenvalue weighted by Gasteiger charge is -2.34. The van der Waals surface area contributed by atoms with E-state index in [1.165, 1.54) is 163 Å². The van der Waals surface area contributed by atoms with Crippen LogP contribution in [0.25, 0.3) is 121 Å². The Balaban J connectivity index is 0.000000166. The number of thiophene rings is 6. The SMILES string of the molecule is C=CC(=O)OCC(C)(COC(=O)C=C)N=C=O.C=CC(=O)OCC(C)(COC(=O)C=C)NC(=O)OCC(CSc1cccc2c1sc1ccccc12)(CSc1cccc2c1sc1ccccc12)CSc1cccc2c1sc1ccccc12.OCC(CSc1cccc2c1sc1ccccc12)(CSc1cccc2c1sc1ccccc12)CSc1cccc2c1sc1ccccc12. The molecule has 0 unspecified atom stereocenters. The fraction of sp³-hybridized carbons (Fsp3) is 0.173. The number of thioether (sulfide) groups is 6. The van der Waals surface area contributed by atoms with Gasteiger partial charge in [-0.15, -0.1) is 139 Å². The molecule has 0 saturated heterocycles. The van der Waals surface area contributed by atoms with Gasteiger partial charge in [0.25, 0.3) is 0 Å². The van der Waals surface area contributed by atoms with E-state index in [-0.39, 0.29) is 45.1 Å². The molecule has 0 aliphatic rings. The van der Waals surface area contributed by atoms with Crippen LogP contribution in [-0.2, 0) is 47.7 Å². The Morgan fingerprint density at radius 1 is 0.323 bits per heavy atom. The first-order chi connectivity index (χ1) is 63.3. The molecule has 1 amide bonds. The quantitative estimate of drug-likeness (QED) is 0.00950. The highest BCUT2D eigenvalue weighted by Crippen LogP contribution is 2.51. The second kappa shape index (κ2) is 42.4. The number of aliphatic hydroxyl groups is 1. The van der Waals surface area contributed by atoms with Crippen LogP contribution in [0.4, 0.5) is 4.79 Å². The number of esters is 4. The molecule has 0 atom stereocenters. The molecule has 0 bridgehead atoms. The Kier molecular flexibility index (Phi) is 30.2. The standard InChI is InChI=1S/C52H43NO6S6.C41H30OS6.C11H13NO5/c1-4-45(54)57-27-51(3,28-58-46(55)5-2)53-50(56)59-29-52(30-60-42-24-12-18-36-33-15-6-9-21-39(33)63-47(36)42,31-61-43-25-13-19-37-34-16-7-10-22-40(34)64-48(37)43)32-62-44-26-14-20-38-35-17-8-11-23-41(35)65-49(38)44;42-22-41(23-43-35-19-7-13-29-26-10-1-4-16-32(26)46-38(29)35,24-44-36-20-8-14-30-27-11-2-5-17-33(27)47-39(30)36)25-45-37-21-9-15-31-28-12-3-6-18-34(28)48-40(31)37;1-4-9(14)16-6-11(3,12-8-13)7-17-10(15)5-2/h4-26H,1-2,27-32H2,3H3,(H,53,56);1-21,42H,22-25H2;4-5H,1-2,6-7H2,3H3. The van der Waals surface area contributed by atoms with Crippen LogP contribution in [0, 0.1) is 10.8 Å². The predicted molar refractivity (Wildman–Crippen MR) is 556 cm³/mol. The first-order valence-electron chi connectivity index (χ1n) is 41.3. The van der Waals surface area contributed by atoms with Gasteiger partial charge >= 0.3 is 30.0 Å². The van der Waals surface area contributed by atoms with E-state index in [1.807, 2.05) is 69.3 Å². The van der Waals surface area contributed by atoms with Crippen molar-refractivity contribution in [1.29, 1.82) is 0 Å². The summed E-state index contributed by atoms with van der Waals surface area (Å²) < 4.78 is 41.9. The number of amides is 1. The Labute approximate surface area is 800 Å². The van der Waals surface area contributed by atoms with Gasteiger partial charge in [0.15, 0.2) is 0 Å². The monoisotopic (exact) mass is 1940 g/mol. The van der Waals surface area contributed by atoms with E-state index in [2.05, 4.69) is 291 Å². The number of hydrogen-bond donors (Lipinski definition) is 2. The molecule has 2 N–H and O–H groups in total. The number of ether oxygens (including phenoxy) is 5. The third-order valence-corrected chi connectivity index (χ3v) is 38.3. The molecule has 0 aliphatic heterocycles. The smallest absolute Gasteiger partial charge is 0.407 e. The van der Waals surface area contributed by atoms with E-state index >= 15 is 0 Å². The number of nitrogens with zero attached hydrogens (tertiary/aromatic N) is 1. The number of hydrogen-bond acceptors (Lipinski definition) is 25. The minimum Gasteiger partial charge on any atom is -0.460 e. The number of isocyanates is 1. The summed E-state index contributed by atoms with van der Waals surface area (Å²) >= 11 is 22.2. The van der Waals surface area contributed by atoms with E-state index in [0.29, 0.717) is 17.3 Å². The van der Waals surface area contributed by atoms with Gasteiger partial charge in [-0.05, 0) is 86.6 Å². The first-order valence-corrected chi connectivity index (χ1v) is 52.1. The number of aliphatic imine (C=N–C) groups is 1. The Hall–Kier alpha value is -10.5. The molecular formula is C104H86N2O12S12. The van der Waals surface area contributed by atoms with Crippen LogP contribution in [0.5, 0.6) is 0 Å². The maximum Gasteiger partial charge on any atom is 0.407 e. The van der Waals surface area contributed by atoms with Crippen LogP contribution < -0.4 is 5.32 Å². The normalized spacial score (nSPS) is 11.9. The maximum absolute atomic E-state index is 14.1. The van der Waals surface area contributed by atoms with Gasteiger partial charge in [-0.1, -0.05) is 208 Å². The van der Waals surface area contributed by atoms with Crippen molar-refractivity contribution in [2.45, 2.75) is 54.3 Å². The Morgan fingerprint density at radius 2 is 0.546 bits per heavy atom. The molecule has 0 saturated carbocycles. The summed E-state index contributed by atoms with van der Waals surface area (Å²) in [5, 5.41) is 29.6. The molecule has 12 aromatic carbocycles. The maximum atomic E-state index is 14.1. The van der Waals surface area contributed by atoms with Gasteiger partial charge in [0, 0.05) is 220 Å². The van der Waals surface area contributed by atoms with Crippen molar-refractivity contribution in [2.24, 2.45) is 15.8 Å². The number of rotatable bonds is 35. The van der Waals surface area contributed by atoms with E-state index in [1.54, 1.807) is 76.2 Å². The number of fused-ring (bicyclic) bond motifs is 18. The first kappa shape index (κ1) is 92.8. The zero-order chi connectivity index (χ0) is 90.4. The van der Waals surface area contributed by atoms with Gasteiger partial charge < -0.3 is 34.1 Å². The summed E-state index contributed by atoms with van der Waals surface area (Å²) in [6.45, 7) is 15.6. The Bertz CT molecular complexity index is 6760. The number of aliphatic hydroxyl groups excluding tert-OH is 1. The molecule has 26 heteroatoms. The van der Waals surface area contributed by atoms with Crippen molar-refractivity contribution >= 4 is 296 Å². The molecule has 14 nitrogen and oxygen atoms in total. The van der Waals surface area contributed by atoms with Crippen LogP contribution in [0.3, 0.4) is 0 Å². The van der Waals surface area contributed by atoms with E-state index in [0.717, 1.165) is 41.6 Å². The molecule has 0 radical (unpaired) electrons. The number of carbonyl (C=O) groups excluding carboxylic acids is 6. The fourth-order valence-electron chi connectivity index (χ4n) is 14.9. The number of nitrogens with one attached hydrogen (secondary N) is 1. The highest BCUT2D eigenvalue weighted by atomic mass is 32.2. The molecule has 18 aromatic rings. The number of carbonyl (C=O) groups is 5. The van der Waals surface area contributed by atoms with Crippen LogP contribution in [0.2, 0.25) is 0 Å². The van der Waals surface area contributed by atoms with Crippen LogP contribution in [0.15, 0.2) is 340 Å². The lowest BCUT2D eigenvalue weighted by Crippen LogP contribution is -2.54. The van der Waals surface area contributed by atoms with E-state index in [9.17, 15) is 33.9 Å². The van der Waals surface area contributed by atoms with Gasteiger partial charge in [-0.2, -0.15) is 4.99 Å². The summed E-state index contributed by atoms with van der Waals surface area (Å²) in [6.07, 6.45) is 4.62. The number of alkyl carbamates (subject to hydrolysis) is 1. The Morgan fingerprint density at radius 3 is 0.777 bits per heavy atom. The minimum absolute atomic E-state index is 0.0635. The summed E-state index contributed by atoms with van der Waals surface area (Å²) in [6, 6.07) is 91.4. The fourth-order valence-corrected chi connectivity index (χ4v) is 31.2. The molecule has 130 heavy (non-hydrogen) atoms. The van der Waals surface area contributed by atoms with Crippen LogP contribution in [-0.4, -0.2) is 126 Å². The van der Waals surface area contributed by atoms with Gasteiger partial charge in [0.1, 0.15) is 44.1 Å². The lowest BCUT2D eigenvalue weighted by atomic mass is 9.97. The highest BCUT2D eigenvalue weighted by molar-refractivity contribution is 8.02. The molecular weight excluding hydrogens is 1850 g/mol. The third-order valence-electron chi connectivity index (χ3n) is 21.8. The molecule has 6 heterocycles. The van der Waals surface area contributed by atoms with E-state index in [4.69, 9.17) is 23.7 Å². The molecule has 18 rings (SSSR count). The van der Waals surface area contributed by atoms with Gasteiger partial charge in [-0.25, -0.2) is 28.8 Å². The van der Waals surface area contributed by atoms with E-state index < -0.39 is 46.5 Å². The molecule has 0 fully saturated rings. The van der Waals surface area contributed by atoms with Crippen molar-refractivity contribution in [1.82, 2.24) is 5.32 Å². The molecule has 656 valence electrons.